The second-order valence-electron chi connectivity index (χ2n) is 6.72. The number of hydrogen-bond acceptors (Lipinski definition) is 1. The predicted octanol–water partition coefficient (Wildman–Crippen LogP) is 5.17. The van der Waals surface area contributed by atoms with Gasteiger partial charge in [0.15, 0.2) is 0 Å². The summed E-state index contributed by atoms with van der Waals surface area (Å²) in [6, 6.07) is 6.75. The monoisotopic (exact) mass is 272 g/mol. The van der Waals surface area contributed by atoms with E-state index < -0.39 is 0 Å². The Morgan fingerprint density at radius 1 is 1.05 bits per heavy atom. The van der Waals surface area contributed by atoms with Crippen molar-refractivity contribution < 1.29 is 4.74 Å². The molecule has 1 aromatic rings. The molecular formula is C19H28O. The number of fused-ring (bicyclic) bond motifs is 1. The van der Waals surface area contributed by atoms with E-state index in [0.29, 0.717) is 0 Å². The van der Waals surface area contributed by atoms with Gasteiger partial charge in [0.25, 0.3) is 0 Å². The van der Waals surface area contributed by atoms with Crippen LogP contribution in [-0.2, 0) is 17.6 Å². The molecule has 0 radical (unpaired) electrons. The van der Waals surface area contributed by atoms with Gasteiger partial charge in [-0.05, 0) is 63.1 Å². The van der Waals surface area contributed by atoms with Gasteiger partial charge in [-0.25, -0.2) is 0 Å². The van der Waals surface area contributed by atoms with Gasteiger partial charge in [0.1, 0.15) is 0 Å². The van der Waals surface area contributed by atoms with Crippen molar-refractivity contribution in [1.29, 1.82) is 0 Å². The van der Waals surface area contributed by atoms with Gasteiger partial charge >= 0.3 is 0 Å². The summed E-state index contributed by atoms with van der Waals surface area (Å²) in [5.74, 6) is 0. The summed E-state index contributed by atoms with van der Waals surface area (Å²) in [6.45, 7) is 7.26. The number of hydrogen-bond donors (Lipinski definition) is 0. The zero-order valence-corrected chi connectivity index (χ0v) is 13.2. The Labute approximate surface area is 124 Å². The molecule has 0 aromatic heterocycles. The van der Waals surface area contributed by atoms with Gasteiger partial charge in [-0.15, -0.1) is 0 Å². The Balaban J connectivity index is 1.63. The first kappa shape index (κ1) is 15.3. The minimum Gasteiger partial charge on any atom is -0.376 e. The standard InChI is InChI=1S/C19H28O/c1-19(2,3)20-15-7-5-4-6-10-16-11-8-12-17-13-9-14-18(16)17/h8-9,11-12,14H,4-7,10,13,15H2,1-3H3. The van der Waals surface area contributed by atoms with E-state index in [9.17, 15) is 0 Å². The fraction of sp³-hybridized carbons (Fsp3) is 0.579. The van der Waals surface area contributed by atoms with Crippen LogP contribution in [0.4, 0.5) is 0 Å². The summed E-state index contributed by atoms with van der Waals surface area (Å²) in [5, 5.41) is 0. The zero-order chi connectivity index (χ0) is 14.4. The molecule has 0 spiro atoms. The van der Waals surface area contributed by atoms with Crippen molar-refractivity contribution in [3.8, 4) is 0 Å². The molecule has 0 aliphatic heterocycles. The smallest absolute Gasteiger partial charge is 0.0598 e. The Hall–Kier alpha value is -1.08. The Morgan fingerprint density at radius 2 is 1.85 bits per heavy atom. The highest BCUT2D eigenvalue weighted by Crippen LogP contribution is 2.24. The number of allylic oxidation sites excluding steroid dienone is 1. The molecule has 1 aliphatic rings. The second kappa shape index (κ2) is 7.08. The summed E-state index contributed by atoms with van der Waals surface area (Å²) >= 11 is 0. The summed E-state index contributed by atoms with van der Waals surface area (Å²) in [6.07, 6.45) is 12.0. The molecule has 0 amide bonds. The van der Waals surface area contributed by atoms with Crippen molar-refractivity contribution in [2.24, 2.45) is 0 Å². The number of aryl methyl sites for hydroxylation is 1. The van der Waals surface area contributed by atoms with Crippen LogP contribution in [-0.4, -0.2) is 12.2 Å². The molecule has 1 heteroatoms. The zero-order valence-electron chi connectivity index (χ0n) is 13.2. The van der Waals surface area contributed by atoms with Gasteiger partial charge in [-0.3, -0.25) is 0 Å². The maximum atomic E-state index is 5.75. The maximum Gasteiger partial charge on any atom is 0.0598 e. The molecular weight excluding hydrogens is 244 g/mol. The highest BCUT2D eigenvalue weighted by molar-refractivity contribution is 5.63. The van der Waals surface area contributed by atoms with Gasteiger partial charge in [0.2, 0.25) is 0 Å². The summed E-state index contributed by atoms with van der Waals surface area (Å²) in [5.41, 5.74) is 4.53. The maximum absolute atomic E-state index is 5.75. The lowest BCUT2D eigenvalue weighted by molar-refractivity contribution is -0.00473. The van der Waals surface area contributed by atoms with Gasteiger partial charge in [-0.2, -0.15) is 0 Å². The third kappa shape index (κ3) is 4.79. The molecule has 1 aliphatic carbocycles. The van der Waals surface area contributed by atoms with Crippen molar-refractivity contribution >= 4 is 6.08 Å². The van der Waals surface area contributed by atoms with Crippen LogP contribution in [0.3, 0.4) is 0 Å². The van der Waals surface area contributed by atoms with Crippen LogP contribution < -0.4 is 0 Å². The van der Waals surface area contributed by atoms with Crippen LogP contribution in [0.2, 0.25) is 0 Å². The Bertz CT molecular complexity index is 451. The Kier molecular flexibility index (Phi) is 5.42. The van der Waals surface area contributed by atoms with E-state index >= 15 is 0 Å². The van der Waals surface area contributed by atoms with E-state index in [0.717, 1.165) is 13.0 Å². The SMILES string of the molecule is CC(C)(C)OCCCCCCc1cccc2c1C=CC2. The molecule has 20 heavy (non-hydrogen) atoms. The lowest BCUT2D eigenvalue weighted by Gasteiger charge is -2.19. The van der Waals surface area contributed by atoms with Crippen LogP contribution in [0.1, 0.15) is 63.1 Å². The molecule has 0 heterocycles. The summed E-state index contributed by atoms with van der Waals surface area (Å²) < 4.78 is 5.75. The average Bonchev–Trinajstić information content (AvgIpc) is 2.85. The minimum atomic E-state index is 0.0108. The van der Waals surface area contributed by atoms with Gasteiger partial charge < -0.3 is 4.74 Å². The molecule has 0 atom stereocenters. The van der Waals surface area contributed by atoms with Crippen LogP contribution in [0.15, 0.2) is 24.3 Å². The fourth-order valence-electron chi connectivity index (χ4n) is 2.73. The lowest BCUT2D eigenvalue weighted by Crippen LogP contribution is -2.19. The molecule has 2 rings (SSSR count). The van der Waals surface area contributed by atoms with Gasteiger partial charge in [-0.1, -0.05) is 43.2 Å². The van der Waals surface area contributed by atoms with Crippen molar-refractivity contribution in [1.82, 2.24) is 0 Å². The first-order chi connectivity index (χ1) is 9.56. The fourth-order valence-corrected chi connectivity index (χ4v) is 2.73. The quantitative estimate of drug-likeness (QED) is 0.622. The molecule has 0 unspecified atom stereocenters. The molecule has 0 N–H and O–H groups in total. The molecule has 1 nitrogen and oxygen atoms in total. The molecule has 0 fully saturated rings. The van der Waals surface area contributed by atoms with Crippen LogP contribution in [0.5, 0.6) is 0 Å². The molecule has 110 valence electrons. The van der Waals surface area contributed by atoms with E-state index in [1.54, 1.807) is 0 Å². The predicted molar refractivity (Wildman–Crippen MR) is 87.1 cm³/mol. The number of unbranched alkanes of at least 4 members (excludes halogenated alkanes) is 3. The number of ether oxygens (including phenoxy) is 1. The van der Waals surface area contributed by atoms with Crippen LogP contribution in [0, 0.1) is 0 Å². The first-order valence-electron chi connectivity index (χ1n) is 7.97. The van der Waals surface area contributed by atoms with Crippen molar-refractivity contribution in [2.45, 2.75) is 64.9 Å². The van der Waals surface area contributed by atoms with E-state index in [1.807, 2.05) is 0 Å². The third-order valence-corrected chi connectivity index (χ3v) is 3.78. The average molecular weight is 272 g/mol. The normalized spacial score (nSPS) is 13.8. The van der Waals surface area contributed by atoms with E-state index in [2.05, 4.69) is 51.1 Å². The van der Waals surface area contributed by atoms with Crippen molar-refractivity contribution in [2.75, 3.05) is 6.61 Å². The van der Waals surface area contributed by atoms with Gasteiger partial charge in [0, 0.05) is 6.61 Å². The topological polar surface area (TPSA) is 9.23 Å². The largest absolute Gasteiger partial charge is 0.376 e. The number of rotatable bonds is 7. The summed E-state index contributed by atoms with van der Waals surface area (Å²) in [7, 11) is 0. The number of benzene rings is 1. The highest BCUT2D eigenvalue weighted by atomic mass is 16.5. The van der Waals surface area contributed by atoms with E-state index in [-0.39, 0.29) is 5.60 Å². The van der Waals surface area contributed by atoms with Crippen LogP contribution in [0.25, 0.3) is 6.08 Å². The molecule has 1 aromatic carbocycles. The second-order valence-corrected chi connectivity index (χ2v) is 6.72. The third-order valence-electron chi connectivity index (χ3n) is 3.78. The first-order valence-corrected chi connectivity index (χ1v) is 7.97. The van der Waals surface area contributed by atoms with E-state index in [4.69, 9.17) is 4.74 Å². The van der Waals surface area contributed by atoms with Gasteiger partial charge in [0.05, 0.1) is 5.60 Å². The van der Waals surface area contributed by atoms with Crippen molar-refractivity contribution in [3.63, 3.8) is 0 Å². The lowest BCUT2D eigenvalue weighted by atomic mass is 9.98. The highest BCUT2D eigenvalue weighted by Gasteiger charge is 2.10. The van der Waals surface area contributed by atoms with Crippen LogP contribution >= 0.6 is 0 Å². The molecule has 0 saturated heterocycles. The summed E-state index contributed by atoms with van der Waals surface area (Å²) in [4.78, 5) is 0. The van der Waals surface area contributed by atoms with E-state index in [1.165, 1.54) is 48.8 Å². The molecule has 0 saturated carbocycles. The minimum absolute atomic E-state index is 0.0108. The van der Waals surface area contributed by atoms with Crippen molar-refractivity contribution in [3.05, 3.63) is 41.0 Å². The Morgan fingerprint density at radius 3 is 2.65 bits per heavy atom. The molecule has 0 bridgehead atoms.